The predicted octanol–water partition coefficient (Wildman–Crippen LogP) is 3.79. The fourth-order valence-corrected chi connectivity index (χ4v) is 2.40. The Bertz CT molecular complexity index is 341. The van der Waals surface area contributed by atoms with Crippen molar-refractivity contribution in [3.05, 3.63) is 29.8 Å². The molecule has 1 aromatic rings. The fraction of sp³-hybridized carbons (Fsp3) is 0.600. The predicted molar refractivity (Wildman–Crippen MR) is 72.6 cm³/mol. The summed E-state index contributed by atoms with van der Waals surface area (Å²) in [7, 11) is 0. The molecule has 0 spiro atoms. The van der Waals surface area contributed by atoms with Crippen molar-refractivity contribution in [2.45, 2.75) is 45.1 Å². The number of rotatable bonds is 3. The van der Waals surface area contributed by atoms with Crippen LogP contribution in [0, 0.1) is 0 Å². The van der Waals surface area contributed by atoms with E-state index in [1.807, 2.05) is 0 Å². The first-order valence-electron chi connectivity index (χ1n) is 6.70. The molecule has 2 heteroatoms. The monoisotopic (exact) mass is 233 g/mol. The Morgan fingerprint density at radius 1 is 1.18 bits per heavy atom. The van der Waals surface area contributed by atoms with Gasteiger partial charge in [0.25, 0.3) is 0 Å². The summed E-state index contributed by atoms with van der Waals surface area (Å²) in [5, 5.41) is 3.69. The third kappa shape index (κ3) is 3.47. The van der Waals surface area contributed by atoms with Crippen molar-refractivity contribution >= 4 is 5.69 Å². The number of benzene rings is 1. The Labute approximate surface area is 104 Å². The second-order valence-corrected chi connectivity index (χ2v) is 5.13. The van der Waals surface area contributed by atoms with Gasteiger partial charge in [0.1, 0.15) is 0 Å². The molecule has 0 saturated carbocycles. The van der Waals surface area contributed by atoms with Gasteiger partial charge in [0.15, 0.2) is 0 Å². The van der Waals surface area contributed by atoms with Crippen molar-refractivity contribution in [2.24, 2.45) is 0 Å². The zero-order valence-electron chi connectivity index (χ0n) is 10.9. The zero-order chi connectivity index (χ0) is 12.1. The van der Waals surface area contributed by atoms with Gasteiger partial charge in [0, 0.05) is 24.9 Å². The summed E-state index contributed by atoms with van der Waals surface area (Å²) in [4.78, 5) is 0. The molecule has 1 heterocycles. The fourth-order valence-electron chi connectivity index (χ4n) is 2.40. The summed E-state index contributed by atoms with van der Waals surface area (Å²) < 4.78 is 5.50. The van der Waals surface area contributed by atoms with Crippen LogP contribution < -0.4 is 5.32 Å². The van der Waals surface area contributed by atoms with E-state index in [1.54, 1.807) is 0 Å². The van der Waals surface area contributed by atoms with Gasteiger partial charge >= 0.3 is 0 Å². The van der Waals surface area contributed by atoms with Crippen molar-refractivity contribution in [1.82, 2.24) is 0 Å². The SMILES string of the molecule is CC(C)c1ccccc1NC1CCCOCC1. The van der Waals surface area contributed by atoms with E-state index in [9.17, 15) is 0 Å². The molecule has 1 aliphatic rings. The number of hydrogen-bond donors (Lipinski definition) is 1. The zero-order valence-corrected chi connectivity index (χ0v) is 10.9. The van der Waals surface area contributed by atoms with Gasteiger partial charge in [-0.1, -0.05) is 32.0 Å². The van der Waals surface area contributed by atoms with Crippen molar-refractivity contribution in [1.29, 1.82) is 0 Å². The molecule has 0 aliphatic carbocycles. The van der Waals surface area contributed by atoms with E-state index in [-0.39, 0.29) is 0 Å². The second-order valence-electron chi connectivity index (χ2n) is 5.13. The van der Waals surface area contributed by atoms with E-state index in [2.05, 4.69) is 43.4 Å². The van der Waals surface area contributed by atoms with Crippen molar-refractivity contribution in [3.63, 3.8) is 0 Å². The molecule has 2 nitrogen and oxygen atoms in total. The van der Waals surface area contributed by atoms with Crippen LogP contribution in [0.3, 0.4) is 0 Å². The average molecular weight is 233 g/mol. The maximum absolute atomic E-state index is 5.50. The third-order valence-corrected chi connectivity index (χ3v) is 3.39. The molecule has 1 N–H and O–H groups in total. The second kappa shape index (κ2) is 6.06. The highest BCUT2D eigenvalue weighted by molar-refractivity contribution is 5.53. The van der Waals surface area contributed by atoms with Gasteiger partial charge in [0.05, 0.1) is 0 Å². The molecule has 0 amide bonds. The summed E-state index contributed by atoms with van der Waals surface area (Å²) >= 11 is 0. The highest BCUT2D eigenvalue weighted by Crippen LogP contribution is 2.25. The molecule has 17 heavy (non-hydrogen) atoms. The molecule has 0 aromatic heterocycles. The minimum Gasteiger partial charge on any atom is -0.382 e. The summed E-state index contributed by atoms with van der Waals surface area (Å²) in [6, 6.07) is 9.22. The standard InChI is InChI=1S/C15H23NO/c1-12(2)14-7-3-4-8-15(14)16-13-6-5-10-17-11-9-13/h3-4,7-8,12-13,16H,5-6,9-11H2,1-2H3. The molecular weight excluding hydrogens is 210 g/mol. The number of nitrogens with one attached hydrogen (secondary N) is 1. The van der Waals surface area contributed by atoms with Gasteiger partial charge < -0.3 is 10.1 Å². The molecule has 0 radical (unpaired) electrons. The van der Waals surface area contributed by atoms with Crippen LogP contribution in [-0.2, 0) is 4.74 Å². The van der Waals surface area contributed by atoms with Crippen LogP contribution in [0.1, 0.15) is 44.6 Å². The van der Waals surface area contributed by atoms with Gasteiger partial charge in [-0.2, -0.15) is 0 Å². The van der Waals surface area contributed by atoms with Gasteiger partial charge in [-0.05, 0) is 36.8 Å². The van der Waals surface area contributed by atoms with Crippen LogP contribution in [0.4, 0.5) is 5.69 Å². The summed E-state index contributed by atoms with van der Waals surface area (Å²) in [6.07, 6.45) is 3.50. The van der Waals surface area contributed by atoms with Crippen LogP contribution in [0.5, 0.6) is 0 Å². The maximum Gasteiger partial charge on any atom is 0.0485 e. The largest absolute Gasteiger partial charge is 0.382 e. The third-order valence-electron chi connectivity index (χ3n) is 3.39. The Kier molecular flexibility index (Phi) is 4.43. The van der Waals surface area contributed by atoms with Crippen molar-refractivity contribution < 1.29 is 4.74 Å². The van der Waals surface area contributed by atoms with Crippen LogP contribution in [-0.4, -0.2) is 19.3 Å². The van der Waals surface area contributed by atoms with Gasteiger partial charge in [0.2, 0.25) is 0 Å². The quantitative estimate of drug-likeness (QED) is 0.857. The summed E-state index contributed by atoms with van der Waals surface area (Å²) in [6.45, 7) is 6.30. The highest BCUT2D eigenvalue weighted by Gasteiger charge is 2.14. The topological polar surface area (TPSA) is 21.3 Å². The first-order chi connectivity index (χ1) is 8.27. The average Bonchev–Trinajstić information content (AvgIpc) is 2.58. The van der Waals surface area contributed by atoms with E-state index < -0.39 is 0 Å². The Morgan fingerprint density at radius 2 is 2.00 bits per heavy atom. The van der Waals surface area contributed by atoms with E-state index >= 15 is 0 Å². The molecule has 0 bridgehead atoms. The molecule has 1 aliphatic heterocycles. The first-order valence-corrected chi connectivity index (χ1v) is 6.70. The van der Waals surface area contributed by atoms with E-state index in [4.69, 9.17) is 4.74 Å². The molecule has 1 unspecified atom stereocenters. The highest BCUT2D eigenvalue weighted by atomic mass is 16.5. The van der Waals surface area contributed by atoms with Crippen LogP contribution in [0.15, 0.2) is 24.3 Å². The van der Waals surface area contributed by atoms with Crippen LogP contribution in [0.2, 0.25) is 0 Å². The van der Waals surface area contributed by atoms with Crippen LogP contribution >= 0.6 is 0 Å². The minimum atomic E-state index is 0.567. The van der Waals surface area contributed by atoms with Gasteiger partial charge in [-0.15, -0.1) is 0 Å². The number of para-hydroxylation sites is 1. The molecule has 1 saturated heterocycles. The number of ether oxygens (including phenoxy) is 1. The summed E-state index contributed by atoms with van der Waals surface area (Å²) in [5.74, 6) is 0.570. The summed E-state index contributed by atoms with van der Waals surface area (Å²) in [5.41, 5.74) is 2.71. The molecular formula is C15H23NO. The van der Waals surface area contributed by atoms with E-state index in [0.29, 0.717) is 12.0 Å². The first kappa shape index (κ1) is 12.4. The molecule has 1 fully saturated rings. The normalized spacial score (nSPS) is 21.2. The van der Waals surface area contributed by atoms with E-state index in [1.165, 1.54) is 24.1 Å². The van der Waals surface area contributed by atoms with E-state index in [0.717, 1.165) is 19.6 Å². The minimum absolute atomic E-state index is 0.567. The molecule has 1 atom stereocenters. The van der Waals surface area contributed by atoms with Crippen molar-refractivity contribution in [2.75, 3.05) is 18.5 Å². The van der Waals surface area contributed by atoms with Gasteiger partial charge in [-0.25, -0.2) is 0 Å². The Morgan fingerprint density at radius 3 is 2.82 bits per heavy atom. The molecule has 1 aromatic carbocycles. The lowest BCUT2D eigenvalue weighted by molar-refractivity contribution is 0.144. The lowest BCUT2D eigenvalue weighted by atomic mass is 10.00. The number of anilines is 1. The lowest BCUT2D eigenvalue weighted by Gasteiger charge is -2.21. The Hall–Kier alpha value is -1.02. The van der Waals surface area contributed by atoms with Crippen molar-refractivity contribution in [3.8, 4) is 0 Å². The lowest BCUT2D eigenvalue weighted by Crippen LogP contribution is -2.20. The van der Waals surface area contributed by atoms with Gasteiger partial charge in [-0.3, -0.25) is 0 Å². The Balaban J connectivity index is 2.06. The van der Waals surface area contributed by atoms with Crippen LogP contribution in [0.25, 0.3) is 0 Å². The molecule has 2 rings (SSSR count). The number of hydrogen-bond acceptors (Lipinski definition) is 2. The maximum atomic E-state index is 5.50. The molecule has 94 valence electrons. The smallest absolute Gasteiger partial charge is 0.0485 e.